The van der Waals surface area contributed by atoms with Crippen LogP contribution < -0.4 is 15.5 Å². The Bertz CT molecular complexity index is 929. The number of anilines is 3. The van der Waals surface area contributed by atoms with Crippen LogP contribution in [0.4, 0.5) is 17.1 Å². The van der Waals surface area contributed by atoms with Gasteiger partial charge < -0.3 is 15.5 Å². The molecule has 1 amide bonds. The summed E-state index contributed by atoms with van der Waals surface area (Å²) in [5.74, 6) is -0.0818. The molecule has 0 spiro atoms. The molecule has 5 nitrogen and oxygen atoms in total. The van der Waals surface area contributed by atoms with E-state index in [1.807, 2.05) is 43.3 Å². The highest BCUT2D eigenvalue weighted by Crippen LogP contribution is 2.23. The van der Waals surface area contributed by atoms with Gasteiger partial charge in [-0.15, -0.1) is 0 Å². The van der Waals surface area contributed by atoms with Crippen LogP contribution in [0, 0.1) is 6.92 Å². The molecular weight excluding hydrogens is 336 g/mol. The quantitative estimate of drug-likeness (QED) is 0.652. The maximum atomic E-state index is 12.4. The summed E-state index contributed by atoms with van der Waals surface area (Å²) >= 11 is 0. The van der Waals surface area contributed by atoms with Crippen LogP contribution in [-0.4, -0.2) is 30.5 Å². The third-order valence-corrected chi connectivity index (χ3v) is 4.68. The Labute approximate surface area is 160 Å². The lowest BCUT2D eigenvalue weighted by atomic mass is 10.1. The first kappa shape index (κ1) is 18.7. The van der Waals surface area contributed by atoms with E-state index < -0.39 is 0 Å². The van der Waals surface area contributed by atoms with E-state index in [1.165, 1.54) is 5.69 Å². The van der Waals surface area contributed by atoms with Gasteiger partial charge in [-0.25, -0.2) is 0 Å². The molecule has 0 radical (unpaired) electrons. The fourth-order valence-corrected chi connectivity index (χ4v) is 3.19. The van der Waals surface area contributed by atoms with Crippen LogP contribution in [0.25, 0.3) is 10.9 Å². The molecule has 2 aromatic carbocycles. The topological polar surface area (TPSA) is 57.3 Å². The Hall–Kier alpha value is -3.08. The Morgan fingerprint density at radius 2 is 1.81 bits per heavy atom. The average Bonchev–Trinajstić information content (AvgIpc) is 2.69. The van der Waals surface area contributed by atoms with Crippen LogP contribution in [-0.2, 0) is 4.79 Å². The number of amides is 1. The van der Waals surface area contributed by atoms with Gasteiger partial charge in [0.05, 0.1) is 17.7 Å². The van der Waals surface area contributed by atoms with Crippen LogP contribution in [0.5, 0.6) is 0 Å². The van der Waals surface area contributed by atoms with Gasteiger partial charge >= 0.3 is 0 Å². The minimum Gasteiger partial charge on any atom is -0.374 e. The summed E-state index contributed by atoms with van der Waals surface area (Å²) in [6.07, 6.45) is 1.76. The zero-order valence-corrected chi connectivity index (χ0v) is 16.1. The van der Waals surface area contributed by atoms with Crippen molar-refractivity contribution in [3.05, 3.63) is 60.3 Å². The highest BCUT2D eigenvalue weighted by Gasteiger charge is 2.09. The van der Waals surface area contributed by atoms with Crippen molar-refractivity contribution in [2.24, 2.45) is 0 Å². The number of carbonyl (C=O) groups is 1. The minimum absolute atomic E-state index is 0.0818. The fraction of sp³-hybridized carbons (Fsp3) is 0.273. The zero-order chi connectivity index (χ0) is 19.2. The van der Waals surface area contributed by atoms with Crippen LogP contribution in [0.1, 0.15) is 19.4 Å². The number of para-hydroxylation sites is 1. The monoisotopic (exact) mass is 362 g/mol. The first-order valence-electron chi connectivity index (χ1n) is 9.35. The fourth-order valence-electron chi connectivity index (χ4n) is 3.19. The average molecular weight is 362 g/mol. The molecule has 0 aliphatic rings. The van der Waals surface area contributed by atoms with Gasteiger partial charge in [0.2, 0.25) is 5.91 Å². The molecule has 27 heavy (non-hydrogen) atoms. The SMILES string of the molecule is CCN(CC)c1ccc(NC(=O)CNc2cccc3cccnc23)c(C)c1. The number of hydrogen-bond donors (Lipinski definition) is 2. The molecule has 3 aromatic rings. The summed E-state index contributed by atoms with van der Waals surface area (Å²) in [5.41, 5.74) is 4.80. The number of benzene rings is 2. The summed E-state index contributed by atoms with van der Waals surface area (Å²) in [5, 5.41) is 7.23. The predicted molar refractivity (Wildman–Crippen MR) is 114 cm³/mol. The number of pyridine rings is 1. The normalized spacial score (nSPS) is 10.6. The Balaban J connectivity index is 1.65. The smallest absolute Gasteiger partial charge is 0.243 e. The van der Waals surface area contributed by atoms with E-state index in [0.717, 1.165) is 40.9 Å². The lowest BCUT2D eigenvalue weighted by molar-refractivity contribution is -0.114. The van der Waals surface area contributed by atoms with Crippen LogP contribution in [0.3, 0.4) is 0 Å². The summed E-state index contributed by atoms with van der Waals surface area (Å²) < 4.78 is 0. The molecule has 5 heteroatoms. The van der Waals surface area contributed by atoms with E-state index in [9.17, 15) is 4.79 Å². The molecule has 0 bridgehead atoms. The van der Waals surface area contributed by atoms with E-state index in [4.69, 9.17) is 0 Å². The van der Waals surface area contributed by atoms with Crippen molar-refractivity contribution >= 4 is 33.9 Å². The zero-order valence-electron chi connectivity index (χ0n) is 16.1. The van der Waals surface area contributed by atoms with Gasteiger partial charge in [-0.3, -0.25) is 9.78 Å². The first-order valence-corrected chi connectivity index (χ1v) is 9.35. The van der Waals surface area contributed by atoms with E-state index >= 15 is 0 Å². The molecule has 140 valence electrons. The second kappa shape index (κ2) is 8.54. The van der Waals surface area contributed by atoms with Crippen molar-refractivity contribution in [3.8, 4) is 0 Å². The molecule has 0 saturated carbocycles. The molecule has 0 saturated heterocycles. The van der Waals surface area contributed by atoms with Gasteiger partial charge in [-0.1, -0.05) is 18.2 Å². The molecular formula is C22H26N4O. The highest BCUT2D eigenvalue weighted by atomic mass is 16.1. The number of rotatable bonds is 7. The maximum absolute atomic E-state index is 12.4. The lowest BCUT2D eigenvalue weighted by Crippen LogP contribution is -2.23. The summed E-state index contributed by atoms with van der Waals surface area (Å²) in [6.45, 7) is 8.41. The van der Waals surface area contributed by atoms with Gasteiger partial charge in [0.25, 0.3) is 0 Å². The van der Waals surface area contributed by atoms with Crippen molar-refractivity contribution in [3.63, 3.8) is 0 Å². The molecule has 0 unspecified atom stereocenters. The lowest BCUT2D eigenvalue weighted by Gasteiger charge is -2.22. The molecule has 1 aromatic heterocycles. The second-order valence-corrected chi connectivity index (χ2v) is 6.45. The summed E-state index contributed by atoms with van der Waals surface area (Å²) in [4.78, 5) is 19.1. The number of fused-ring (bicyclic) bond motifs is 1. The van der Waals surface area contributed by atoms with E-state index in [1.54, 1.807) is 6.20 Å². The van der Waals surface area contributed by atoms with Gasteiger partial charge in [0.1, 0.15) is 0 Å². The molecule has 0 fully saturated rings. The minimum atomic E-state index is -0.0818. The van der Waals surface area contributed by atoms with Crippen LogP contribution in [0.15, 0.2) is 54.7 Å². The number of carbonyl (C=O) groups excluding carboxylic acids is 1. The standard InChI is InChI=1S/C22H26N4O/c1-4-26(5-2)18-11-12-19(16(3)14-18)25-21(27)15-24-20-10-6-8-17-9-7-13-23-22(17)20/h6-14,24H,4-5,15H2,1-3H3,(H,25,27). The Kier molecular flexibility index (Phi) is 5.91. The van der Waals surface area contributed by atoms with Gasteiger partial charge in [0.15, 0.2) is 0 Å². The molecule has 0 atom stereocenters. The maximum Gasteiger partial charge on any atom is 0.243 e. The number of aryl methyl sites for hydroxylation is 1. The number of aromatic nitrogens is 1. The largest absolute Gasteiger partial charge is 0.374 e. The Morgan fingerprint density at radius 1 is 1.04 bits per heavy atom. The molecule has 0 aliphatic heterocycles. The summed E-state index contributed by atoms with van der Waals surface area (Å²) in [7, 11) is 0. The van der Waals surface area contributed by atoms with E-state index in [-0.39, 0.29) is 12.5 Å². The van der Waals surface area contributed by atoms with Crippen LogP contribution >= 0.6 is 0 Å². The summed E-state index contributed by atoms with van der Waals surface area (Å²) in [6, 6.07) is 16.0. The molecule has 3 rings (SSSR count). The van der Waals surface area contributed by atoms with Gasteiger partial charge in [-0.2, -0.15) is 0 Å². The van der Waals surface area contributed by atoms with Crippen molar-refractivity contribution < 1.29 is 4.79 Å². The highest BCUT2D eigenvalue weighted by molar-refractivity contribution is 5.97. The van der Waals surface area contributed by atoms with E-state index in [2.05, 4.69) is 46.5 Å². The molecule has 0 aliphatic carbocycles. The number of nitrogens with zero attached hydrogens (tertiary/aromatic N) is 2. The van der Waals surface area contributed by atoms with Gasteiger partial charge in [-0.05, 0) is 56.7 Å². The number of hydrogen-bond acceptors (Lipinski definition) is 4. The van der Waals surface area contributed by atoms with Crippen molar-refractivity contribution in [1.82, 2.24) is 4.98 Å². The third-order valence-electron chi connectivity index (χ3n) is 4.68. The molecule has 1 heterocycles. The van der Waals surface area contributed by atoms with Crippen molar-refractivity contribution in [1.29, 1.82) is 0 Å². The third kappa shape index (κ3) is 4.37. The number of nitrogens with one attached hydrogen (secondary N) is 2. The second-order valence-electron chi connectivity index (χ2n) is 6.45. The first-order chi connectivity index (χ1) is 13.1. The van der Waals surface area contributed by atoms with E-state index in [0.29, 0.717) is 0 Å². The van der Waals surface area contributed by atoms with Crippen molar-refractivity contribution in [2.75, 3.05) is 35.2 Å². The Morgan fingerprint density at radius 3 is 2.56 bits per heavy atom. The van der Waals surface area contributed by atoms with Crippen LogP contribution in [0.2, 0.25) is 0 Å². The van der Waals surface area contributed by atoms with Crippen molar-refractivity contribution in [2.45, 2.75) is 20.8 Å². The predicted octanol–water partition coefficient (Wildman–Crippen LogP) is 4.44. The molecule has 2 N–H and O–H groups in total. The van der Waals surface area contributed by atoms with Gasteiger partial charge in [0, 0.05) is 36.0 Å².